The summed E-state index contributed by atoms with van der Waals surface area (Å²) in [7, 11) is 0. The van der Waals surface area contributed by atoms with Crippen LogP contribution in [0.1, 0.15) is 19.8 Å². The molecule has 0 aliphatic carbocycles. The zero-order valence-corrected chi connectivity index (χ0v) is 7.51. The van der Waals surface area contributed by atoms with E-state index in [0.29, 0.717) is 6.54 Å². The standard InChI is InChI=1S/C8H17N3O/c1-2-7(12)6-11-8-9-4-3-5-10-8/h7,12H,2-6H2,1H3,(H2,9,10,11)/t7-/m0/s1. The van der Waals surface area contributed by atoms with Crippen molar-refractivity contribution in [3.05, 3.63) is 0 Å². The molecule has 0 saturated carbocycles. The summed E-state index contributed by atoms with van der Waals surface area (Å²) in [6.07, 6.45) is 1.61. The summed E-state index contributed by atoms with van der Waals surface area (Å²) in [6.45, 7) is 4.41. The Labute approximate surface area is 73.1 Å². The second-order valence-electron chi connectivity index (χ2n) is 2.95. The summed E-state index contributed by atoms with van der Waals surface area (Å²) >= 11 is 0. The quantitative estimate of drug-likeness (QED) is 0.546. The Kier molecular flexibility index (Phi) is 3.87. The molecule has 0 saturated heterocycles. The van der Waals surface area contributed by atoms with Crippen LogP contribution in [0.3, 0.4) is 0 Å². The number of hydrogen-bond acceptors (Lipinski definition) is 4. The van der Waals surface area contributed by atoms with Crippen LogP contribution in [0.4, 0.5) is 0 Å². The topological polar surface area (TPSA) is 56.6 Å². The first kappa shape index (κ1) is 9.32. The van der Waals surface area contributed by atoms with Gasteiger partial charge in [0.25, 0.3) is 0 Å². The lowest BCUT2D eigenvalue weighted by Gasteiger charge is -2.17. The first-order valence-electron chi connectivity index (χ1n) is 4.53. The fourth-order valence-electron chi connectivity index (χ4n) is 1.01. The first-order valence-corrected chi connectivity index (χ1v) is 4.53. The third-order valence-corrected chi connectivity index (χ3v) is 1.87. The molecular formula is C8H17N3O. The molecule has 0 aromatic heterocycles. The third-order valence-electron chi connectivity index (χ3n) is 1.87. The molecule has 1 heterocycles. The molecule has 1 rings (SSSR count). The van der Waals surface area contributed by atoms with Gasteiger partial charge in [0.15, 0.2) is 5.96 Å². The molecule has 4 nitrogen and oxygen atoms in total. The van der Waals surface area contributed by atoms with E-state index >= 15 is 0 Å². The van der Waals surface area contributed by atoms with Gasteiger partial charge in [0, 0.05) is 19.6 Å². The lowest BCUT2D eigenvalue weighted by molar-refractivity contribution is 0.173. The summed E-state index contributed by atoms with van der Waals surface area (Å²) in [5.41, 5.74) is 0. The highest BCUT2D eigenvalue weighted by molar-refractivity contribution is 5.80. The molecule has 0 fully saturated rings. The molecule has 0 bridgehead atoms. The lowest BCUT2D eigenvalue weighted by Crippen LogP contribution is -2.43. The van der Waals surface area contributed by atoms with Gasteiger partial charge in [-0.25, -0.2) is 0 Å². The van der Waals surface area contributed by atoms with Crippen molar-refractivity contribution in [2.75, 3.05) is 19.6 Å². The van der Waals surface area contributed by atoms with E-state index < -0.39 is 0 Å². The maximum atomic E-state index is 9.24. The molecular weight excluding hydrogens is 154 g/mol. The number of nitrogens with one attached hydrogen (secondary N) is 2. The van der Waals surface area contributed by atoms with E-state index in [1.807, 2.05) is 6.92 Å². The van der Waals surface area contributed by atoms with Crippen molar-refractivity contribution in [3.8, 4) is 0 Å². The second kappa shape index (κ2) is 4.98. The summed E-state index contributed by atoms with van der Waals surface area (Å²) in [4.78, 5) is 4.22. The molecule has 4 heteroatoms. The van der Waals surface area contributed by atoms with Crippen LogP contribution >= 0.6 is 0 Å². The molecule has 12 heavy (non-hydrogen) atoms. The smallest absolute Gasteiger partial charge is 0.191 e. The lowest BCUT2D eigenvalue weighted by atomic mass is 10.3. The van der Waals surface area contributed by atoms with Gasteiger partial charge in [-0.15, -0.1) is 0 Å². The minimum absolute atomic E-state index is 0.267. The van der Waals surface area contributed by atoms with Crippen LogP contribution in [0.2, 0.25) is 0 Å². The Morgan fingerprint density at radius 1 is 1.75 bits per heavy atom. The molecule has 0 spiro atoms. The van der Waals surface area contributed by atoms with Crippen LogP contribution in [0.25, 0.3) is 0 Å². The predicted octanol–water partition coefficient (Wildman–Crippen LogP) is -0.304. The van der Waals surface area contributed by atoms with E-state index in [9.17, 15) is 5.11 Å². The average molecular weight is 171 g/mol. The Morgan fingerprint density at radius 3 is 3.17 bits per heavy atom. The van der Waals surface area contributed by atoms with E-state index in [2.05, 4.69) is 15.6 Å². The highest BCUT2D eigenvalue weighted by Crippen LogP contribution is 1.89. The van der Waals surface area contributed by atoms with Crippen LogP contribution in [0.5, 0.6) is 0 Å². The van der Waals surface area contributed by atoms with Gasteiger partial charge in [-0.2, -0.15) is 0 Å². The fraction of sp³-hybridized carbons (Fsp3) is 0.875. The molecule has 0 amide bonds. The van der Waals surface area contributed by atoms with Crippen molar-refractivity contribution in [1.82, 2.24) is 10.6 Å². The molecule has 1 aliphatic heterocycles. The van der Waals surface area contributed by atoms with E-state index in [1.165, 1.54) is 0 Å². The van der Waals surface area contributed by atoms with Crippen LogP contribution in [0, 0.1) is 0 Å². The van der Waals surface area contributed by atoms with Crippen molar-refractivity contribution in [3.63, 3.8) is 0 Å². The van der Waals surface area contributed by atoms with Gasteiger partial charge in [-0.3, -0.25) is 4.99 Å². The number of aliphatic imine (C=N–C) groups is 1. The number of nitrogens with zero attached hydrogens (tertiary/aromatic N) is 1. The van der Waals surface area contributed by atoms with Crippen molar-refractivity contribution >= 4 is 5.96 Å². The molecule has 70 valence electrons. The van der Waals surface area contributed by atoms with Gasteiger partial charge in [0.05, 0.1) is 6.10 Å². The molecule has 1 atom stereocenters. The number of aliphatic hydroxyl groups excluding tert-OH is 1. The molecule has 0 aromatic carbocycles. The maximum absolute atomic E-state index is 9.24. The minimum Gasteiger partial charge on any atom is -0.391 e. The minimum atomic E-state index is -0.267. The highest BCUT2D eigenvalue weighted by Gasteiger charge is 2.05. The zero-order chi connectivity index (χ0) is 8.81. The predicted molar refractivity (Wildman–Crippen MR) is 49.2 cm³/mol. The normalized spacial score (nSPS) is 19.3. The summed E-state index contributed by atoms with van der Waals surface area (Å²) in [5, 5.41) is 15.4. The Bertz CT molecular complexity index is 158. The van der Waals surface area contributed by atoms with Crippen LogP contribution in [-0.4, -0.2) is 36.8 Å². The molecule has 3 N–H and O–H groups in total. The Morgan fingerprint density at radius 2 is 2.58 bits per heavy atom. The first-order chi connectivity index (χ1) is 5.83. The van der Waals surface area contributed by atoms with Gasteiger partial charge in [0.2, 0.25) is 0 Å². The van der Waals surface area contributed by atoms with Gasteiger partial charge in [-0.05, 0) is 12.8 Å². The van der Waals surface area contributed by atoms with Crippen molar-refractivity contribution < 1.29 is 5.11 Å². The summed E-state index contributed by atoms with van der Waals surface area (Å²) in [5.74, 6) is 0.828. The number of guanidine groups is 1. The Balaban J connectivity index is 2.17. The van der Waals surface area contributed by atoms with E-state index in [1.54, 1.807) is 0 Å². The summed E-state index contributed by atoms with van der Waals surface area (Å²) in [6, 6.07) is 0. The van der Waals surface area contributed by atoms with Gasteiger partial charge >= 0.3 is 0 Å². The fourth-order valence-corrected chi connectivity index (χ4v) is 1.01. The largest absolute Gasteiger partial charge is 0.391 e. The zero-order valence-electron chi connectivity index (χ0n) is 7.51. The van der Waals surface area contributed by atoms with Crippen molar-refractivity contribution in [2.45, 2.75) is 25.9 Å². The van der Waals surface area contributed by atoms with Crippen LogP contribution in [0.15, 0.2) is 4.99 Å². The number of hydrogen-bond donors (Lipinski definition) is 3. The van der Waals surface area contributed by atoms with E-state index in [0.717, 1.165) is 31.9 Å². The van der Waals surface area contributed by atoms with E-state index in [4.69, 9.17) is 0 Å². The van der Waals surface area contributed by atoms with Crippen LogP contribution in [-0.2, 0) is 0 Å². The molecule has 0 radical (unpaired) electrons. The molecule has 0 aromatic rings. The number of aliphatic hydroxyl groups is 1. The highest BCUT2D eigenvalue weighted by atomic mass is 16.3. The third kappa shape index (κ3) is 3.09. The summed E-state index contributed by atoms with van der Waals surface area (Å²) < 4.78 is 0. The SMILES string of the molecule is CC[C@H](O)CNC1=NCCCN1. The maximum Gasteiger partial charge on any atom is 0.191 e. The van der Waals surface area contributed by atoms with Crippen molar-refractivity contribution in [1.29, 1.82) is 0 Å². The number of rotatable bonds is 3. The second-order valence-corrected chi connectivity index (χ2v) is 2.95. The van der Waals surface area contributed by atoms with Gasteiger partial charge in [-0.1, -0.05) is 6.92 Å². The van der Waals surface area contributed by atoms with Gasteiger partial charge in [0.1, 0.15) is 0 Å². The van der Waals surface area contributed by atoms with E-state index in [-0.39, 0.29) is 6.10 Å². The Hall–Kier alpha value is -0.770. The monoisotopic (exact) mass is 171 g/mol. The van der Waals surface area contributed by atoms with Crippen LogP contribution < -0.4 is 10.6 Å². The molecule has 1 aliphatic rings. The van der Waals surface area contributed by atoms with Gasteiger partial charge < -0.3 is 15.7 Å². The average Bonchev–Trinajstić information content (AvgIpc) is 2.16. The molecule has 0 unspecified atom stereocenters. The van der Waals surface area contributed by atoms with Crippen molar-refractivity contribution in [2.24, 2.45) is 4.99 Å².